The molecular weight excluding hydrogens is 268 g/mol. The Morgan fingerprint density at radius 2 is 2.25 bits per heavy atom. The number of carbonyl (C=O) groups is 1. The number of anilines is 1. The lowest BCUT2D eigenvalue weighted by Crippen LogP contribution is -2.45. The highest BCUT2D eigenvalue weighted by Crippen LogP contribution is 2.18. The number of benzene rings is 1. The van der Waals surface area contributed by atoms with E-state index in [1.807, 2.05) is 6.92 Å². The molecule has 0 saturated carbocycles. The van der Waals surface area contributed by atoms with Crippen molar-refractivity contribution in [1.29, 1.82) is 0 Å². The molecule has 1 aromatic carbocycles. The summed E-state index contributed by atoms with van der Waals surface area (Å²) < 4.78 is 26.2. The van der Waals surface area contributed by atoms with Crippen molar-refractivity contribution < 1.29 is 18.8 Å². The number of amides is 2. The zero-order valence-electron chi connectivity index (χ0n) is 10.9. The zero-order chi connectivity index (χ0) is 14.7. The van der Waals surface area contributed by atoms with Crippen molar-refractivity contribution in [2.45, 2.75) is 13.3 Å². The molecule has 0 radical (unpaired) electrons. The summed E-state index contributed by atoms with van der Waals surface area (Å²) in [6, 6.07) is 2.51. The van der Waals surface area contributed by atoms with Gasteiger partial charge < -0.3 is 15.4 Å². The van der Waals surface area contributed by atoms with Crippen molar-refractivity contribution in [3.05, 3.63) is 29.8 Å². The maximum atomic E-state index is 13.4. The van der Waals surface area contributed by atoms with Crippen molar-refractivity contribution in [2.24, 2.45) is 11.1 Å². The molecule has 108 valence electrons. The second-order valence-corrected chi connectivity index (χ2v) is 4.74. The monoisotopic (exact) mass is 283 g/mol. The third-order valence-corrected chi connectivity index (χ3v) is 3.29. The molecule has 1 saturated heterocycles. The van der Waals surface area contributed by atoms with E-state index >= 15 is 0 Å². The van der Waals surface area contributed by atoms with Gasteiger partial charge in [0.25, 0.3) is 0 Å². The summed E-state index contributed by atoms with van der Waals surface area (Å²) >= 11 is 0. The topological polar surface area (TPSA) is 64.9 Å². The fourth-order valence-corrected chi connectivity index (χ4v) is 2.14. The first kappa shape index (κ1) is 14.2. The van der Waals surface area contributed by atoms with Gasteiger partial charge in [-0.3, -0.25) is 0 Å². The lowest BCUT2D eigenvalue weighted by Gasteiger charge is -2.31. The van der Waals surface area contributed by atoms with Gasteiger partial charge in [-0.1, -0.05) is 12.1 Å². The van der Waals surface area contributed by atoms with Crippen LogP contribution in [0.3, 0.4) is 0 Å². The van der Waals surface area contributed by atoms with Crippen LogP contribution in [0.25, 0.3) is 0 Å². The summed E-state index contributed by atoms with van der Waals surface area (Å²) in [6.07, 6.45) is 0.469. The van der Waals surface area contributed by atoms with Crippen LogP contribution in [0.4, 0.5) is 19.3 Å². The molecule has 2 amide bonds. The van der Waals surface area contributed by atoms with Gasteiger partial charge in [0.05, 0.1) is 11.4 Å². The number of carbonyl (C=O) groups excluding carboxylic acids is 1. The Labute approximate surface area is 114 Å². The lowest BCUT2D eigenvalue weighted by molar-refractivity contribution is 0.203. The number of urea groups is 1. The van der Waals surface area contributed by atoms with E-state index in [4.69, 9.17) is 5.21 Å². The van der Waals surface area contributed by atoms with E-state index in [-0.39, 0.29) is 11.6 Å². The molecule has 2 N–H and O–H groups in total. The molecule has 1 unspecified atom stereocenters. The minimum absolute atomic E-state index is 0.0578. The summed E-state index contributed by atoms with van der Waals surface area (Å²) in [5.74, 6) is -1.57. The molecule has 0 bridgehead atoms. The Kier molecular flexibility index (Phi) is 4.16. The SMILES string of the molecule is CC1CN(C(=O)Nc2ccc(F)cc2F)CC/C1=N\O. The Morgan fingerprint density at radius 3 is 2.85 bits per heavy atom. The number of rotatable bonds is 1. The van der Waals surface area contributed by atoms with Gasteiger partial charge in [0, 0.05) is 31.5 Å². The first-order valence-corrected chi connectivity index (χ1v) is 6.23. The molecule has 0 aliphatic carbocycles. The van der Waals surface area contributed by atoms with Gasteiger partial charge in [-0.25, -0.2) is 13.6 Å². The van der Waals surface area contributed by atoms with Crippen LogP contribution in [0.5, 0.6) is 0 Å². The molecule has 7 heteroatoms. The van der Waals surface area contributed by atoms with Gasteiger partial charge in [-0.2, -0.15) is 0 Å². The van der Waals surface area contributed by atoms with E-state index in [0.29, 0.717) is 31.3 Å². The first-order chi connectivity index (χ1) is 9.51. The van der Waals surface area contributed by atoms with Crippen molar-refractivity contribution in [3.8, 4) is 0 Å². The Bertz CT molecular complexity index is 548. The van der Waals surface area contributed by atoms with Crippen LogP contribution in [0.2, 0.25) is 0 Å². The largest absolute Gasteiger partial charge is 0.411 e. The quantitative estimate of drug-likeness (QED) is 0.614. The number of hydrogen-bond donors (Lipinski definition) is 2. The molecule has 1 aliphatic rings. The number of halogens is 2. The second-order valence-electron chi connectivity index (χ2n) is 4.74. The highest BCUT2D eigenvalue weighted by atomic mass is 19.1. The van der Waals surface area contributed by atoms with Crippen LogP contribution in [0.1, 0.15) is 13.3 Å². The predicted octanol–water partition coefficient (Wildman–Crippen LogP) is 2.67. The number of oxime groups is 1. The number of hydrogen-bond acceptors (Lipinski definition) is 3. The molecular formula is C13H15F2N3O2. The highest BCUT2D eigenvalue weighted by Gasteiger charge is 2.26. The molecule has 1 fully saturated rings. The van der Waals surface area contributed by atoms with Gasteiger partial charge in [-0.15, -0.1) is 0 Å². The molecule has 2 rings (SSSR count). The van der Waals surface area contributed by atoms with Gasteiger partial charge in [0.2, 0.25) is 0 Å². The summed E-state index contributed by atoms with van der Waals surface area (Å²) in [5, 5.41) is 14.4. The Balaban J connectivity index is 2.02. The van der Waals surface area contributed by atoms with Crippen molar-refractivity contribution >= 4 is 17.4 Å². The number of nitrogens with zero attached hydrogens (tertiary/aromatic N) is 2. The molecule has 1 aliphatic heterocycles. The molecule has 5 nitrogen and oxygen atoms in total. The minimum atomic E-state index is -0.819. The molecule has 20 heavy (non-hydrogen) atoms. The summed E-state index contributed by atoms with van der Waals surface area (Å²) in [7, 11) is 0. The Morgan fingerprint density at radius 1 is 1.50 bits per heavy atom. The van der Waals surface area contributed by atoms with E-state index in [0.717, 1.165) is 6.07 Å². The smallest absolute Gasteiger partial charge is 0.321 e. The third kappa shape index (κ3) is 3.04. The lowest BCUT2D eigenvalue weighted by atomic mass is 9.98. The maximum Gasteiger partial charge on any atom is 0.321 e. The van der Waals surface area contributed by atoms with E-state index < -0.39 is 17.7 Å². The van der Waals surface area contributed by atoms with Crippen LogP contribution in [0, 0.1) is 17.6 Å². The van der Waals surface area contributed by atoms with E-state index in [1.54, 1.807) is 0 Å². The van der Waals surface area contributed by atoms with Gasteiger partial charge in [0.1, 0.15) is 11.6 Å². The van der Waals surface area contributed by atoms with E-state index in [1.165, 1.54) is 11.0 Å². The van der Waals surface area contributed by atoms with Crippen LogP contribution in [-0.4, -0.2) is 34.9 Å². The average Bonchev–Trinajstić information content (AvgIpc) is 2.41. The fourth-order valence-electron chi connectivity index (χ4n) is 2.14. The maximum absolute atomic E-state index is 13.4. The van der Waals surface area contributed by atoms with Gasteiger partial charge in [-0.05, 0) is 12.1 Å². The molecule has 0 spiro atoms. The molecule has 1 heterocycles. The van der Waals surface area contributed by atoms with Crippen LogP contribution in [-0.2, 0) is 0 Å². The molecule has 1 atom stereocenters. The second kappa shape index (κ2) is 5.85. The van der Waals surface area contributed by atoms with Gasteiger partial charge in [0.15, 0.2) is 0 Å². The molecule has 1 aromatic rings. The normalized spacial score (nSPS) is 21.1. The molecule has 0 aromatic heterocycles. The standard InChI is InChI=1S/C13H15F2N3O2/c1-8-7-18(5-4-11(8)17-20)13(19)16-12-3-2-9(14)6-10(12)15/h2-3,6,8,20H,4-5,7H2,1H3,(H,16,19)/b17-11+. The van der Waals surface area contributed by atoms with Crippen molar-refractivity contribution in [1.82, 2.24) is 4.90 Å². The van der Waals surface area contributed by atoms with Crippen LogP contribution < -0.4 is 5.32 Å². The summed E-state index contributed by atoms with van der Waals surface area (Å²) in [6.45, 7) is 2.61. The Hall–Kier alpha value is -2.18. The number of likely N-dealkylation sites (tertiary alicyclic amines) is 1. The summed E-state index contributed by atoms with van der Waals surface area (Å²) in [5.41, 5.74) is 0.577. The van der Waals surface area contributed by atoms with Gasteiger partial charge >= 0.3 is 6.03 Å². The first-order valence-electron chi connectivity index (χ1n) is 6.23. The summed E-state index contributed by atoms with van der Waals surface area (Å²) in [4.78, 5) is 13.5. The van der Waals surface area contributed by atoms with Crippen LogP contribution >= 0.6 is 0 Å². The average molecular weight is 283 g/mol. The predicted molar refractivity (Wildman–Crippen MR) is 70.0 cm³/mol. The van der Waals surface area contributed by atoms with Crippen molar-refractivity contribution in [3.63, 3.8) is 0 Å². The minimum Gasteiger partial charge on any atom is -0.411 e. The number of piperidine rings is 1. The highest BCUT2D eigenvalue weighted by molar-refractivity contribution is 5.93. The zero-order valence-corrected chi connectivity index (χ0v) is 10.9. The van der Waals surface area contributed by atoms with E-state index in [9.17, 15) is 13.6 Å². The van der Waals surface area contributed by atoms with Crippen molar-refractivity contribution in [2.75, 3.05) is 18.4 Å². The third-order valence-electron chi connectivity index (χ3n) is 3.29. The van der Waals surface area contributed by atoms with E-state index in [2.05, 4.69) is 10.5 Å². The number of nitrogens with one attached hydrogen (secondary N) is 1. The van der Waals surface area contributed by atoms with Crippen LogP contribution in [0.15, 0.2) is 23.4 Å². The fraction of sp³-hybridized carbons (Fsp3) is 0.385.